The second kappa shape index (κ2) is 9.25. The highest BCUT2D eigenvalue weighted by molar-refractivity contribution is 5.98. The number of halogens is 1. The number of aromatic amines is 1. The largest absolute Gasteiger partial charge is 0.484 e. The van der Waals surface area contributed by atoms with Crippen LogP contribution in [0.15, 0.2) is 53.6 Å². The van der Waals surface area contributed by atoms with Crippen LogP contribution in [0.5, 0.6) is 5.75 Å². The quantitative estimate of drug-likeness (QED) is 0.397. The van der Waals surface area contributed by atoms with Gasteiger partial charge in [0.2, 0.25) is 0 Å². The van der Waals surface area contributed by atoms with Gasteiger partial charge in [0.1, 0.15) is 29.3 Å². The van der Waals surface area contributed by atoms with Crippen molar-refractivity contribution >= 4 is 22.6 Å². The predicted molar refractivity (Wildman–Crippen MR) is 139 cm³/mol. The number of piperazine rings is 1. The normalized spacial score (nSPS) is 18.0. The molecule has 0 atom stereocenters. The number of allylic oxidation sites excluding steroid dienone is 1. The highest BCUT2D eigenvalue weighted by atomic mass is 19.1. The Hall–Kier alpha value is -3.95. The lowest BCUT2D eigenvalue weighted by molar-refractivity contribution is 0.191. The smallest absolute Gasteiger partial charge is 0.167 e. The molecule has 0 amide bonds. The summed E-state index contributed by atoms with van der Waals surface area (Å²) in [6, 6.07) is 5.06. The van der Waals surface area contributed by atoms with E-state index in [4.69, 9.17) is 10.5 Å². The zero-order valence-electron chi connectivity index (χ0n) is 20.9. The number of nitrogens with two attached hydrogens (primary N) is 1. The van der Waals surface area contributed by atoms with Gasteiger partial charge >= 0.3 is 0 Å². The van der Waals surface area contributed by atoms with E-state index in [0.29, 0.717) is 16.9 Å². The monoisotopic (exact) mass is 490 g/mol. The highest BCUT2D eigenvalue weighted by Crippen LogP contribution is 2.41. The molecule has 1 aliphatic carbocycles. The topological polar surface area (TPSA) is 109 Å². The van der Waals surface area contributed by atoms with Crippen LogP contribution in [0, 0.1) is 5.82 Å². The van der Waals surface area contributed by atoms with E-state index >= 15 is 0 Å². The minimum atomic E-state index is -0.401. The number of aliphatic imine (C=N–C) groups is 1. The van der Waals surface area contributed by atoms with Gasteiger partial charge in [0, 0.05) is 49.9 Å². The van der Waals surface area contributed by atoms with Gasteiger partial charge in [-0.3, -0.25) is 5.10 Å². The third-order valence-corrected chi connectivity index (χ3v) is 6.63. The molecule has 2 aliphatic rings. The number of hydrogen-bond donors (Lipinski definition) is 2. The lowest BCUT2D eigenvalue weighted by Crippen LogP contribution is -2.49. The van der Waals surface area contributed by atoms with Crippen molar-refractivity contribution < 1.29 is 9.13 Å². The highest BCUT2D eigenvalue weighted by Gasteiger charge is 2.40. The maximum atomic E-state index is 14.6. The van der Waals surface area contributed by atoms with Crippen LogP contribution in [0.25, 0.3) is 22.3 Å². The number of benzene rings is 1. The van der Waals surface area contributed by atoms with Crippen LogP contribution in [0.4, 0.5) is 10.2 Å². The predicted octanol–water partition coefficient (Wildman–Crippen LogP) is 4.01. The van der Waals surface area contributed by atoms with Crippen molar-refractivity contribution in [2.45, 2.75) is 39.2 Å². The summed E-state index contributed by atoms with van der Waals surface area (Å²) in [7, 11) is 0. The van der Waals surface area contributed by atoms with Crippen molar-refractivity contribution in [2.75, 3.05) is 31.1 Å². The van der Waals surface area contributed by atoms with Crippen molar-refractivity contribution in [3.8, 4) is 17.1 Å². The fourth-order valence-corrected chi connectivity index (χ4v) is 4.27. The average molecular weight is 491 g/mol. The summed E-state index contributed by atoms with van der Waals surface area (Å²) in [5.41, 5.74) is 8.88. The van der Waals surface area contributed by atoms with E-state index in [1.54, 1.807) is 12.4 Å². The van der Waals surface area contributed by atoms with Gasteiger partial charge < -0.3 is 20.3 Å². The summed E-state index contributed by atoms with van der Waals surface area (Å²) in [4.78, 5) is 18.0. The molecule has 9 nitrogen and oxygen atoms in total. The first-order valence-electron chi connectivity index (χ1n) is 12.1. The Kier molecular flexibility index (Phi) is 6.11. The van der Waals surface area contributed by atoms with Gasteiger partial charge in [-0.25, -0.2) is 19.4 Å². The van der Waals surface area contributed by atoms with Crippen molar-refractivity contribution in [1.82, 2.24) is 25.1 Å². The lowest BCUT2D eigenvalue weighted by Gasteiger charge is -2.37. The molecule has 3 aromatic rings. The second-order valence-corrected chi connectivity index (χ2v) is 9.71. The van der Waals surface area contributed by atoms with Gasteiger partial charge in [-0.05, 0) is 45.3 Å². The van der Waals surface area contributed by atoms with Gasteiger partial charge in [-0.2, -0.15) is 5.10 Å². The van der Waals surface area contributed by atoms with Gasteiger partial charge in [0.25, 0.3) is 0 Å². The first-order chi connectivity index (χ1) is 17.3. The number of nitrogens with zero attached hydrogens (tertiary/aromatic N) is 6. The molecule has 0 spiro atoms. The van der Waals surface area contributed by atoms with Gasteiger partial charge in [-0.1, -0.05) is 6.58 Å². The third-order valence-electron chi connectivity index (χ3n) is 6.63. The molecule has 5 rings (SSSR count). The molecule has 188 valence electrons. The number of H-pyrrole nitrogens is 1. The van der Waals surface area contributed by atoms with Crippen molar-refractivity contribution in [3.63, 3.8) is 0 Å². The first-order valence-corrected chi connectivity index (χ1v) is 12.1. The SMILES string of the molecule is C=C(C)/C(=N\C(C)=C/N)N1CCN(c2cc(-c3n[nH]c4cc(F)c(OC5(C)CC5)cc34)ncn2)CC1. The summed E-state index contributed by atoms with van der Waals surface area (Å²) in [6.07, 6.45) is 4.89. The maximum Gasteiger partial charge on any atom is 0.167 e. The summed E-state index contributed by atoms with van der Waals surface area (Å²) >= 11 is 0. The molecule has 0 radical (unpaired) electrons. The molecule has 2 aromatic heterocycles. The Bertz CT molecular complexity index is 1370. The molecular formula is C26H31FN8O. The maximum absolute atomic E-state index is 14.6. The molecule has 1 aliphatic heterocycles. The number of nitrogens with one attached hydrogen (secondary N) is 1. The van der Waals surface area contributed by atoms with E-state index in [-0.39, 0.29) is 11.4 Å². The molecule has 0 bridgehead atoms. The molecule has 0 unspecified atom stereocenters. The minimum absolute atomic E-state index is 0.241. The fourth-order valence-electron chi connectivity index (χ4n) is 4.27. The third kappa shape index (κ3) is 4.75. The molecule has 1 saturated heterocycles. The summed E-state index contributed by atoms with van der Waals surface area (Å²) in [5.74, 6) is 1.50. The Morgan fingerprint density at radius 2 is 1.94 bits per heavy atom. The lowest BCUT2D eigenvalue weighted by atomic mass is 10.1. The Balaban J connectivity index is 1.37. The van der Waals surface area contributed by atoms with E-state index in [9.17, 15) is 4.39 Å². The Morgan fingerprint density at radius 3 is 2.61 bits per heavy atom. The zero-order chi connectivity index (χ0) is 25.4. The fraction of sp³-hybridized carbons (Fsp3) is 0.385. The van der Waals surface area contributed by atoms with Crippen LogP contribution >= 0.6 is 0 Å². The standard InChI is InChI=1S/C26H31FN8O/c1-16(2)25(31-17(3)14-28)35-9-7-34(8-10-35)23-13-21(29-15-30-23)24-18-11-22(36-26(4)5-6-26)19(27)12-20(18)32-33-24/h11-15H,1,5-10,28H2,2-4H3,(H,32,33)/b17-14-,31-25+. The van der Waals surface area contributed by atoms with Crippen LogP contribution in [-0.2, 0) is 0 Å². The Morgan fingerprint density at radius 1 is 1.19 bits per heavy atom. The molecule has 3 heterocycles. The van der Waals surface area contributed by atoms with Crippen LogP contribution < -0.4 is 15.4 Å². The van der Waals surface area contributed by atoms with Gasteiger partial charge in [-0.15, -0.1) is 0 Å². The summed E-state index contributed by atoms with van der Waals surface area (Å²) < 4.78 is 20.5. The molecule has 1 saturated carbocycles. The Labute approximate surface area is 209 Å². The molecule has 36 heavy (non-hydrogen) atoms. The van der Waals surface area contributed by atoms with E-state index in [1.807, 2.05) is 26.8 Å². The number of fused-ring (bicyclic) bond motifs is 1. The molecule has 3 N–H and O–H groups in total. The van der Waals surface area contributed by atoms with Crippen molar-refractivity contribution in [1.29, 1.82) is 0 Å². The van der Waals surface area contributed by atoms with E-state index < -0.39 is 5.82 Å². The van der Waals surface area contributed by atoms with Crippen LogP contribution in [0.3, 0.4) is 0 Å². The first kappa shape index (κ1) is 23.8. The molecule has 10 heteroatoms. The number of hydrogen-bond acceptors (Lipinski definition) is 7. The number of aromatic nitrogens is 4. The number of ether oxygens (including phenoxy) is 1. The average Bonchev–Trinajstić information content (AvgIpc) is 3.46. The van der Waals surface area contributed by atoms with Crippen LogP contribution in [0.2, 0.25) is 0 Å². The van der Waals surface area contributed by atoms with Crippen molar-refractivity contribution in [3.05, 3.63) is 54.4 Å². The minimum Gasteiger partial charge on any atom is -0.484 e. The van der Waals surface area contributed by atoms with Gasteiger partial charge in [0.05, 0.1) is 16.9 Å². The molecule has 2 fully saturated rings. The van der Waals surface area contributed by atoms with Gasteiger partial charge in [0.15, 0.2) is 11.6 Å². The summed E-state index contributed by atoms with van der Waals surface area (Å²) in [5, 5.41) is 8.11. The number of anilines is 1. The molecule has 1 aromatic carbocycles. The van der Waals surface area contributed by atoms with Crippen LogP contribution in [-0.4, -0.2) is 62.7 Å². The molecular weight excluding hydrogens is 459 g/mol. The van der Waals surface area contributed by atoms with Crippen LogP contribution in [0.1, 0.15) is 33.6 Å². The summed E-state index contributed by atoms with van der Waals surface area (Å²) in [6.45, 7) is 13.0. The number of rotatable bonds is 6. The second-order valence-electron chi connectivity index (χ2n) is 9.71. The number of amidine groups is 1. The van der Waals surface area contributed by atoms with Crippen molar-refractivity contribution in [2.24, 2.45) is 10.7 Å². The van der Waals surface area contributed by atoms with E-state index in [0.717, 1.165) is 67.3 Å². The van der Waals surface area contributed by atoms with E-state index in [2.05, 4.69) is 41.5 Å². The van der Waals surface area contributed by atoms with E-state index in [1.165, 1.54) is 12.3 Å². The zero-order valence-corrected chi connectivity index (χ0v) is 20.9.